The molecular weight excluding hydrogens is 206 g/mol. The van der Waals surface area contributed by atoms with Crippen molar-refractivity contribution in [2.75, 3.05) is 7.05 Å². The van der Waals surface area contributed by atoms with E-state index in [1.54, 1.807) is 0 Å². The lowest BCUT2D eigenvalue weighted by Gasteiger charge is -2.15. The van der Waals surface area contributed by atoms with Crippen LogP contribution in [0.2, 0.25) is 0 Å². The third-order valence-corrected chi connectivity index (χ3v) is 2.95. The zero-order chi connectivity index (χ0) is 10.7. The highest BCUT2D eigenvalue weighted by Gasteiger charge is 2.15. The van der Waals surface area contributed by atoms with E-state index in [9.17, 15) is 0 Å². The van der Waals surface area contributed by atoms with Crippen LogP contribution in [0.15, 0.2) is 30.5 Å². The molecule has 1 aromatic carbocycles. The van der Waals surface area contributed by atoms with Gasteiger partial charge in [0.2, 0.25) is 0 Å². The number of aromatic nitrogens is 2. The van der Waals surface area contributed by atoms with Gasteiger partial charge in [0.15, 0.2) is 0 Å². The summed E-state index contributed by atoms with van der Waals surface area (Å²) in [6.07, 6.45) is 1.82. The van der Waals surface area contributed by atoms with Crippen molar-refractivity contribution in [3.8, 4) is 0 Å². The fourth-order valence-electron chi connectivity index (χ4n) is 1.67. The summed E-state index contributed by atoms with van der Waals surface area (Å²) in [5.41, 5.74) is 3.51. The van der Waals surface area contributed by atoms with Crippen LogP contribution < -0.4 is 5.32 Å². The minimum atomic E-state index is 0.143. The Hall–Kier alpha value is -1.26. The normalized spacial score (nSPS) is 12.7. The van der Waals surface area contributed by atoms with Crippen LogP contribution in [0, 0.1) is 6.92 Å². The van der Waals surface area contributed by atoms with Crippen molar-refractivity contribution in [3.05, 3.63) is 47.3 Å². The van der Waals surface area contributed by atoms with E-state index in [2.05, 4.69) is 33.1 Å². The number of benzene rings is 1. The SMILES string of the molecule is CNC(c1cnsn1)c1ccccc1C. The molecule has 2 rings (SSSR count). The van der Waals surface area contributed by atoms with Crippen molar-refractivity contribution in [3.63, 3.8) is 0 Å². The highest BCUT2D eigenvalue weighted by atomic mass is 32.1. The molecule has 0 aliphatic rings. The first-order chi connectivity index (χ1) is 7.33. The Kier molecular flexibility index (Phi) is 3.08. The molecule has 0 saturated heterocycles. The molecule has 15 heavy (non-hydrogen) atoms. The van der Waals surface area contributed by atoms with Crippen LogP contribution in [0.3, 0.4) is 0 Å². The van der Waals surface area contributed by atoms with Gasteiger partial charge in [0.05, 0.1) is 29.7 Å². The second-order valence-corrected chi connectivity index (χ2v) is 3.97. The van der Waals surface area contributed by atoms with Crippen molar-refractivity contribution in [1.82, 2.24) is 14.1 Å². The Morgan fingerprint density at radius 1 is 1.33 bits per heavy atom. The van der Waals surface area contributed by atoms with Crippen LogP contribution >= 0.6 is 11.7 Å². The van der Waals surface area contributed by atoms with Gasteiger partial charge in [-0.3, -0.25) is 0 Å². The molecule has 1 unspecified atom stereocenters. The lowest BCUT2D eigenvalue weighted by molar-refractivity contribution is 0.673. The molecular formula is C11H13N3S. The molecule has 1 N–H and O–H groups in total. The van der Waals surface area contributed by atoms with Crippen LogP contribution in [0.4, 0.5) is 0 Å². The van der Waals surface area contributed by atoms with Crippen molar-refractivity contribution in [2.45, 2.75) is 13.0 Å². The van der Waals surface area contributed by atoms with E-state index in [1.165, 1.54) is 22.9 Å². The molecule has 0 saturated carbocycles. The maximum atomic E-state index is 4.27. The summed E-state index contributed by atoms with van der Waals surface area (Å²) in [4.78, 5) is 0. The van der Waals surface area contributed by atoms with Gasteiger partial charge in [-0.25, -0.2) is 0 Å². The molecule has 1 heterocycles. The first-order valence-electron chi connectivity index (χ1n) is 4.83. The van der Waals surface area contributed by atoms with Crippen molar-refractivity contribution < 1.29 is 0 Å². The zero-order valence-electron chi connectivity index (χ0n) is 8.77. The quantitative estimate of drug-likeness (QED) is 0.859. The molecule has 0 spiro atoms. The van der Waals surface area contributed by atoms with E-state index >= 15 is 0 Å². The van der Waals surface area contributed by atoms with Crippen molar-refractivity contribution in [1.29, 1.82) is 0 Å². The van der Waals surface area contributed by atoms with Gasteiger partial charge < -0.3 is 5.32 Å². The van der Waals surface area contributed by atoms with Crippen LogP contribution in [-0.4, -0.2) is 15.8 Å². The maximum absolute atomic E-state index is 4.27. The van der Waals surface area contributed by atoms with Gasteiger partial charge in [-0.2, -0.15) is 8.75 Å². The lowest BCUT2D eigenvalue weighted by atomic mass is 9.99. The highest BCUT2D eigenvalue weighted by Crippen LogP contribution is 2.22. The van der Waals surface area contributed by atoms with E-state index in [0.29, 0.717) is 0 Å². The fraction of sp³-hybridized carbons (Fsp3) is 0.273. The predicted octanol–water partition coefficient (Wildman–Crippen LogP) is 2.16. The van der Waals surface area contributed by atoms with Gasteiger partial charge in [0, 0.05) is 0 Å². The van der Waals surface area contributed by atoms with Crippen LogP contribution in [0.5, 0.6) is 0 Å². The smallest absolute Gasteiger partial charge is 0.0957 e. The predicted molar refractivity (Wildman–Crippen MR) is 62.0 cm³/mol. The van der Waals surface area contributed by atoms with E-state index in [4.69, 9.17) is 0 Å². The van der Waals surface area contributed by atoms with Crippen molar-refractivity contribution in [2.24, 2.45) is 0 Å². The number of nitrogens with one attached hydrogen (secondary N) is 1. The lowest BCUT2D eigenvalue weighted by Crippen LogP contribution is -2.18. The Bertz CT molecular complexity index is 425. The van der Waals surface area contributed by atoms with E-state index in [-0.39, 0.29) is 6.04 Å². The van der Waals surface area contributed by atoms with E-state index in [1.807, 2.05) is 25.4 Å². The molecule has 3 nitrogen and oxygen atoms in total. The maximum Gasteiger partial charge on any atom is 0.0957 e. The van der Waals surface area contributed by atoms with Gasteiger partial charge in [0.1, 0.15) is 0 Å². The van der Waals surface area contributed by atoms with E-state index < -0.39 is 0 Å². The molecule has 0 amide bonds. The molecule has 0 fully saturated rings. The third kappa shape index (κ3) is 2.06. The van der Waals surface area contributed by atoms with Crippen LogP contribution in [0.25, 0.3) is 0 Å². The number of hydrogen-bond acceptors (Lipinski definition) is 4. The first-order valence-corrected chi connectivity index (χ1v) is 5.56. The topological polar surface area (TPSA) is 37.8 Å². The average molecular weight is 219 g/mol. The summed E-state index contributed by atoms with van der Waals surface area (Å²) in [6.45, 7) is 2.11. The molecule has 0 bridgehead atoms. The molecule has 0 aliphatic carbocycles. The molecule has 78 valence electrons. The van der Waals surface area contributed by atoms with Crippen molar-refractivity contribution >= 4 is 11.7 Å². The molecule has 0 radical (unpaired) electrons. The third-order valence-electron chi connectivity index (χ3n) is 2.46. The highest BCUT2D eigenvalue weighted by molar-refractivity contribution is 6.99. The second kappa shape index (κ2) is 4.51. The fourth-order valence-corrected chi connectivity index (χ4v) is 2.12. The van der Waals surface area contributed by atoms with Gasteiger partial charge >= 0.3 is 0 Å². The minimum Gasteiger partial charge on any atom is -0.308 e. The molecule has 1 atom stereocenters. The number of hydrogen-bond donors (Lipinski definition) is 1. The monoisotopic (exact) mass is 219 g/mol. The van der Waals surface area contributed by atoms with Crippen LogP contribution in [-0.2, 0) is 0 Å². The summed E-state index contributed by atoms with van der Waals surface area (Å²) >= 11 is 1.24. The number of aryl methyl sites for hydroxylation is 1. The second-order valence-electron chi connectivity index (χ2n) is 3.41. The molecule has 4 heteroatoms. The summed E-state index contributed by atoms with van der Waals surface area (Å²) < 4.78 is 8.31. The standard InChI is InChI=1S/C11H13N3S/c1-8-5-3-4-6-9(8)11(12-2)10-7-13-15-14-10/h3-7,11-12H,1-2H3. The number of rotatable bonds is 3. The van der Waals surface area contributed by atoms with E-state index in [0.717, 1.165) is 5.69 Å². The summed E-state index contributed by atoms with van der Waals surface area (Å²) in [7, 11) is 1.94. The molecule has 1 aromatic heterocycles. The van der Waals surface area contributed by atoms with Gasteiger partial charge in [0.25, 0.3) is 0 Å². The summed E-state index contributed by atoms with van der Waals surface area (Å²) in [5.74, 6) is 0. The Morgan fingerprint density at radius 3 is 2.73 bits per heavy atom. The zero-order valence-corrected chi connectivity index (χ0v) is 9.58. The van der Waals surface area contributed by atoms with Crippen LogP contribution in [0.1, 0.15) is 22.9 Å². The largest absolute Gasteiger partial charge is 0.308 e. The Labute approximate surface area is 93.5 Å². The molecule has 0 aliphatic heterocycles. The summed E-state index contributed by atoms with van der Waals surface area (Å²) in [5, 5.41) is 3.27. The Morgan fingerprint density at radius 2 is 2.13 bits per heavy atom. The minimum absolute atomic E-state index is 0.143. The average Bonchev–Trinajstić information content (AvgIpc) is 2.75. The van der Waals surface area contributed by atoms with Gasteiger partial charge in [-0.15, -0.1) is 0 Å². The number of nitrogens with zero attached hydrogens (tertiary/aromatic N) is 2. The Balaban J connectivity index is 2.40. The van der Waals surface area contributed by atoms with Gasteiger partial charge in [-0.1, -0.05) is 24.3 Å². The van der Waals surface area contributed by atoms with Gasteiger partial charge in [-0.05, 0) is 25.1 Å². The summed E-state index contributed by atoms with van der Waals surface area (Å²) in [6, 6.07) is 8.47. The first kappa shape index (κ1) is 10.3. The molecule has 2 aromatic rings.